The fourth-order valence-electron chi connectivity index (χ4n) is 5.16. The summed E-state index contributed by atoms with van der Waals surface area (Å²) in [5.74, 6) is -1.71. The van der Waals surface area contributed by atoms with Crippen molar-refractivity contribution in [2.75, 3.05) is 0 Å². The van der Waals surface area contributed by atoms with Gasteiger partial charge in [0.15, 0.2) is 5.92 Å². The minimum atomic E-state index is -1.18. The van der Waals surface area contributed by atoms with Crippen molar-refractivity contribution >= 4 is 11.9 Å². The van der Waals surface area contributed by atoms with Gasteiger partial charge in [-0.15, -0.1) is 0 Å². The quantitative estimate of drug-likeness (QED) is 0.759. The summed E-state index contributed by atoms with van der Waals surface area (Å²) in [5, 5.41) is 18.4. The number of carboxylic acids is 2. The third-order valence-corrected chi connectivity index (χ3v) is 5.19. The topological polar surface area (TPSA) is 74.6 Å². The van der Waals surface area contributed by atoms with Crippen molar-refractivity contribution in [2.24, 2.45) is 29.1 Å². The minimum Gasteiger partial charge on any atom is -0.481 e. The second kappa shape index (κ2) is 4.25. The van der Waals surface area contributed by atoms with Gasteiger partial charge in [0.1, 0.15) is 0 Å². The zero-order valence-corrected chi connectivity index (χ0v) is 9.76. The molecular weight excluding hydrogens is 232 g/mol. The second-order valence-electron chi connectivity index (χ2n) is 6.39. The summed E-state index contributed by atoms with van der Waals surface area (Å²) >= 11 is 0. The van der Waals surface area contributed by atoms with Crippen LogP contribution in [0.4, 0.5) is 0 Å². The van der Waals surface area contributed by atoms with Crippen LogP contribution in [0, 0.1) is 29.1 Å². The lowest BCUT2D eigenvalue weighted by atomic mass is 9.46. The molecule has 4 fully saturated rings. The first-order valence-electron chi connectivity index (χ1n) is 6.46. The fourth-order valence-corrected chi connectivity index (χ4v) is 5.16. The Balaban J connectivity index is 0.00000120. The van der Waals surface area contributed by atoms with Crippen LogP contribution in [-0.4, -0.2) is 22.2 Å². The molecule has 102 valence electrons. The second-order valence-corrected chi connectivity index (χ2v) is 6.39. The molecule has 0 radical (unpaired) electrons. The van der Waals surface area contributed by atoms with Gasteiger partial charge in [-0.05, 0) is 61.7 Å². The molecule has 4 saturated carbocycles. The van der Waals surface area contributed by atoms with Gasteiger partial charge in [-0.1, -0.05) is 7.43 Å². The first-order chi connectivity index (χ1) is 8.00. The molecule has 0 aromatic rings. The van der Waals surface area contributed by atoms with Gasteiger partial charge in [0.25, 0.3) is 0 Å². The van der Waals surface area contributed by atoms with E-state index in [9.17, 15) is 19.8 Å². The summed E-state index contributed by atoms with van der Waals surface area (Å²) < 4.78 is 0. The van der Waals surface area contributed by atoms with Crippen LogP contribution in [-0.2, 0) is 9.59 Å². The maximum Gasteiger partial charge on any atom is 0.318 e. The summed E-state index contributed by atoms with van der Waals surface area (Å²) in [4.78, 5) is 22.6. The smallest absolute Gasteiger partial charge is 0.318 e. The summed E-state index contributed by atoms with van der Waals surface area (Å²) in [7, 11) is 0. The molecule has 4 rings (SSSR count). The van der Waals surface area contributed by atoms with Crippen molar-refractivity contribution in [3.63, 3.8) is 0 Å². The molecule has 0 amide bonds. The molecule has 2 N–H and O–H groups in total. The zero-order valence-electron chi connectivity index (χ0n) is 9.76. The molecule has 4 heteroatoms. The van der Waals surface area contributed by atoms with Gasteiger partial charge in [-0.3, -0.25) is 9.59 Å². The van der Waals surface area contributed by atoms with E-state index in [0.29, 0.717) is 17.8 Å². The molecule has 4 bridgehead atoms. The largest absolute Gasteiger partial charge is 0.481 e. The van der Waals surface area contributed by atoms with Crippen LogP contribution in [0.1, 0.15) is 46.0 Å². The Morgan fingerprint density at radius 2 is 1.22 bits per heavy atom. The molecule has 0 spiro atoms. The maximum absolute atomic E-state index is 11.3. The van der Waals surface area contributed by atoms with Gasteiger partial charge in [-0.2, -0.15) is 0 Å². The molecule has 0 aromatic carbocycles. The molecule has 0 unspecified atom stereocenters. The van der Waals surface area contributed by atoms with Crippen molar-refractivity contribution in [2.45, 2.75) is 46.0 Å². The van der Waals surface area contributed by atoms with Crippen molar-refractivity contribution in [1.82, 2.24) is 0 Å². The van der Waals surface area contributed by atoms with E-state index < -0.39 is 23.3 Å². The van der Waals surface area contributed by atoms with Gasteiger partial charge in [0.2, 0.25) is 0 Å². The van der Waals surface area contributed by atoms with E-state index in [1.165, 1.54) is 19.3 Å². The molecular formula is C14H22O4. The number of hydrogen-bond acceptors (Lipinski definition) is 2. The van der Waals surface area contributed by atoms with Gasteiger partial charge in [0.05, 0.1) is 0 Å². The lowest BCUT2D eigenvalue weighted by molar-refractivity contribution is -0.172. The number of carboxylic acid groups (broad SMARTS) is 2. The van der Waals surface area contributed by atoms with E-state index in [1.807, 2.05) is 0 Å². The number of aliphatic carboxylic acids is 2. The molecule has 0 aromatic heterocycles. The van der Waals surface area contributed by atoms with E-state index in [-0.39, 0.29) is 7.43 Å². The monoisotopic (exact) mass is 254 g/mol. The third-order valence-electron chi connectivity index (χ3n) is 5.19. The van der Waals surface area contributed by atoms with E-state index in [1.54, 1.807) is 0 Å². The van der Waals surface area contributed by atoms with Crippen LogP contribution in [0.3, 0.4) is 0 Å². The average Bonchev–Trinajstić information content (AvgIpc) is 2.11. The molecule has 0 aliphatic heterocycles. The third kappa shape index (κ3) is 1.82. The van der Waals surface area contributed by atoms with E-state index >= 15 is 0 Å². The van der Waals surface area contributed by atoms with Crippen LogP contribution >= 0.6 is 0 Å². The maximum atomic E-state index is 11.3. The van der Waals surface area contributed by atoms with Crippen molar-refractivity contribution < 1.29 is 19.8 Å². The first kappa shape index (κ1) is 13.4. The number of rotatable bonds is 3. The Labute approximate surface area is 107 Å². The Kier molecular flexibility index (Phi) is 3.16. The highest BCUT2D eigenvalue weighted by Crippen LogP contribution is 2.62. The van der Waals surface area contributed by atoms with Crippen molar-refractivity contribution in [1.29, 1.82) is 0 Å². The lowest BCUT2D eigenvalue weighted by Crippen LogP contribution is -2.53. The number of carbonyl (C=O) groups is 2. The molecule has 0 saturated heterocycles. The predicted molar refractivity (Wildman–Crippen MR) is 66.1 cm³/mol. The summed E-state index contributed by atoms with van der Waals surface area (Å²) in [5.41, 5.74) is -0.438. The van der Waals surface area contributed by atoms with Gasteiger partial charge >= 0.3 is 11.9 Å². The Morgan fingerprint density at radius 3 is 1.50 bits per heavy atom. The SMILES string of the molecule is C.O=C(O)C(C(=O)O)C12CC3CC(CC(C3)C1)C2. The Hall–Kier alpha value is -1.06. The highest BCUT2D eigenvalue weighted by atomic mass is 16.4. The van der Waals surface area contributed by atoms with Crippen LogP contribution in [0.15, 0.2) is 0 Å². The van der Waals surface area contributed by atoms with Crippen LogP contribution in [0.2, 0.25) is 0 Å². The van der Waals surface area contributed by atoms with Crippen LogP contribution < -0.4 is 0 Å². The average molecular weight is 254 g/mol. The minimum absolute atomic E-state index is 0. The molecule has 0 heterocycles. The predicted octanol–water partition coefficient (Wildman–Crippen LogP) is 2.62. The summed E-state index contributed by atoms with van der Waals surface area (Å²) in [6.45, 7) is 0. The molecule has 18 heavy (non-hydrogen) atoms. The molecule has 4 aliphatic carbocycles. The van der Waals surface area contributed by atoms with Crippen LogP contribution in [0.5, 0.6) is 0 Å². The standard InChI is InChI=1S/C13H18O4.CH4/c14-11(15)10(12(16)17)13-4-7-1-8(5-13)3-9(2-7)6-13;/h7-10H,1-6H2,(H,14,15)(H,16,17);1H4. The summed E-state index contributed by atoms with van der Waals surface area (Å²) in [6, 6.07) is 0. The van der Waals surface area contributed by atoms with Crippen LogP contribution in [0.25, 0.3) is 0 Å². The Morgan fingerprint density at radius 1 is 0.889 bits per heavy atom. The summed E-state index contributed by atoms with van der Waals surface area (Å²) in [6.07, 6.45) is 6.06. The van der Waals surface area contributed by atoms with Gasteiger partial charge < -0.3 is 10.2 Å². The van der Waals surface area contributed by atoms with Gasteiger partial charge in [-0.25, -0.2) is 0 Å². The first-order valence-corrected chi connectivity index (χ1v) is 6.46. The number of hydrogen-bond donors (Lipinski definition) is 2. The normalized spacial score (nSPS) is 40.6. The molecule has 4 nitrogen and oxygen atoms in total. The zero-order chi connectivity index (χ0) is 12.2. The van der Waals surface area contributed by atoms with Gasteiger partial charge in [0, 0.05) is 0 Å². The van der Waals surface area contributed by atoms with Crippen molar-refractivity contribution in [3.05, 3.63) is 0 Å². The lowest BCUT2D eigenvalue weighted by Gasteiger charge is -2.57. The molecule has 4 aliphatic rings. The molecule has 0 atom stereocenters. The van der Waals surface area contributed by atoms with Crippen molar-refractivity contribution in [3.8, 4) is 0 Å². The van der Waals surface area contributed by atoms with E-state index in [4.69, 9.17) is 0 Å². The van der Waals surface area contributed by atoms with E-state index in [0.717, 1.165) is 19.3 Å². The van der Waals surface area contributed by atoms with E-state index in [2.05, 4.69) is 0 Å². The Bertz CT molecular complexity index is 325. The highest BCUT2D eigenvalue weighted by molar-refractivity contribution is 5.94. The fraction of sp³-hybridized carbons (Fsp3) is 0.857. The highest BCUT2D eigenvalue weighted by Gasteiger charge is 2.58.